The minimum atomic E-state index is 0. The van der Waals surface area contributed by atoms with E-state index in [0.717, 1.165) is 43.8 Å². The number of ether oxygens (including phenoxy) is 1. The van der Waals surface area contributed by atoms with Crippen LogP contribution in [0.5, 0.6) is 5.75 Å². The fourth-order valence-electron chi connectivity index (χ4n) is 2.98. The van der Waals surface area contributed by atoms with E-state index >= 15 is 0 Å². The molecule has 1 saturated heterocycles. The Morgan fingerprint density at radius 1 is 1.50 bits per heavy atom. The van der Waals surface area contributed by atoms with Crippen molar-refractivity contribution in [1.82, 2.24) is 10.2 Å². The molecule has 0 radical (unpaired) electrons. The number of nitrogens with one attached hydrogen (secondary N) is 1. The summed E-state index contributed by atoms with van der Waals surface area (Å²) in [6.07, 6.45) is 1.95. The number of likely N-dealkylation sites (tertiary alicyclic amines) is 1. The molecule has 1 amide bonds. The molecule has 5 nitrogen and oxygen atoms in total. The van der Waals surface area contributed by atoms with E-state index in [2.05, 4.69) is 10.2 Å². The molecule has 0 aromatic heterocycles. The molecule has 1 aliphatic heterocycles. The molecule has 136 valence electrons. The van der Waals surface area contributed by atoms with Crippen molar-refractivity contribution in [2.24, 2.45) is 11.7 Å². The topological polar surface area (TPSA) is 67.6 Å². The number of halogens is 2. The predicted molar refractivity (Wildman–Crippen MR) is 99.9 cm³/mol. The number of hydrogen-bond acceptors (Lipinski definition) is 4. The molecule has 0 aliphatic carbocycles. The maximum absolute atomic E-state index is 12.1. The van der Waals surface area contributed by atoms with Gasteiger partial charge >= 0.3 is 0 Å². The lowest BCUT2D eigenvalue weighted by Crippen LogP contribution is -2.43. The van der Waals surface area contributed by atoms with E-state index in [-0.39, 0.29) is 24.2 Å². The summed E-state index contributed by atoms with van der Waals surface area (Å²) >= 11 is 6.24. The average molecular weight is 376 g/mol. The first-order chi connectivity index (χ1) is 11.2. The van der Waals surface area contributed by atoms with Gasteiger partial charge in [-0.1, -0.05) is 23.7 Å². The molecule has 7 heteroatoms. The summed E-state index contributed by atoms with van der Waals surface area (Å²) in [5.41, 5.74) is 6.52. The zero-order chi connectivity index (χ0) is 16.7. The summed E-state index contributed by atoms with van der Waals surface area (Å²) in [5, 5.41) is 3.53. The SMILES string of the molecule is CCOc1c(Cl)cccc1CN1CCCC(C(=O)NCCN)C1.Cl. The average Bonchev–Trinajstić information content (AvgIpc) is 2.56. The quantitative estimate of drug-likeness (QED) is 0.767. The fourth-order valence-corrected chi connectivity index (χ4v) is 3.23. The van der Waals surface area contributed by atoms with Crippen molar-refractivity contribution in [3.63, 3.8) is 0 Å². The van der Waals surface area contributed by atoms with Crippen LogP contribution in [0.15, 0.2) is 18.2 Å². The number of piperidine rings is 1. The summed E-state index contributed by atoms with van der Waals surface area (Å²) in [7, 11) is 0. The molecule has 2 rings (SSSR count). The lowest BCUT2D eigenvalue weighted by molar-refractivity contribution is -0.126. The van der Waals surface area contributed by atoms with Crippen molar-refractivity contribution >= 4 is 29.9 Å². The van der Waals surface area contributed by atoms with Crippen molar-refractivity contribution in [2.75, 3.05) is 32.8 Å². The van der Waals surface area contributed by atoms with Crippen molar-refractivity contribution in [3.05, 3.63) is 28.8 Å². The molecule has 1 aromatic carbocycles. The zero-order valence-corrected chi connectivity index (χ0v) is 15.7. The Morgan fingerprint density at radius 2 is 2.29 bits per heavy atom. The van der Waals surface area contributed by atoms with Crippen LogP contribution in [0.2, 0.25) is 5.02 Å². The molecule has 1 unspecified atom stereocenters. The summed E-state index contributed by atoms with van der Waals surface area (Å²) in [4.78, 5) is 14.4. The van der Waals surface area contributed by atoms with Gasteiger partial charge in [-0.2, -0.15) is 0 Å². The van der Waals surface area contributed by atoms with Gasteiger partial charge in [-0.3, -0.25) is 9.69 Å². The van der Waals surface area contributed by atoms with Gasteiger partial charge in [0, 0.05) is 31.7 Å². The first-order valence-corrected chi connectivity index (χ1v) is 8.63. The van der Waals surface area contributed by atoms with E-state index in [9.17, 15) is 4.79 Å². The molecule has 1 aromatic rings. The Labute approximate surface area is 155 Å². The van der Waals surface area contributed by atoms with Gasteiger partial charge in [0.25, 0.3) is 0 Å². The molecular formula is C17H27Cl2N3O2. The Kier molecular flexibility index (Phi) is 9.44. The van der Waals surface area contributed by atoms with Gasteiger partial charge in [0.15, 0.2) is 0 Å². The predicted octanol–water partition coefficient (Wildman–Crippen LogP) is 2.45. The second kappa shape index (κ2) is 10.8. The lowest BCUT2D eigenvalue weighted by atomic mass is 9.96. The molecule has 3 N–H and O–H groups in total. The monoisotopic (exact) mass is 375 g/mol. The molecule has 1 fully saturated rings. The Balaban J connectivity index is 0.00000288. The molecule has 1 atom stereocenters. The highest BCUT2D eigenvalue weighted by atomic mass is 35.5. The van der Waals surface area contributed by atoms with Crippen LogP contribution >= 0.6 is 24.0 Å². The standard InChI is InChI=1S/C17H26ClN3O2.ClH/c1-2-23-16-13(5-3-7-15(16)18)11-21-10-4-6-14(12-21)17(22)20-9-8-19;/h3,5,7,14H,2,4,6,8-12,19H2,1H3,(H,20,22);1H. The Morgan fingerprint density at radius 3 is 3.00 bits per heavy atom. The number of rotatable bonds is 7. The molecule has 24 heavy (non-hydrogen) atoms. The molecule has 0 bridgehead atoms. The van der Waals surface area contributed by atoms with E-state index in [4.69, 9.17) is 22.1 Å². The number of nitrogens with zero attached hydrogens (tertiary/aromatic N) is 1. The van der Waals surface area contributed by atoms with E-state index in [0.29, 0.717) is 24.7 Å². The summed E-state index contributed by atoms with van der Waals surface area (Å²) < 4.78 is 5.68. The number of carbonyl (C=O) groups is 1. The first-order valence-electron chi connectivity index (χ1n) is 8.26. The minimum Gasteiger partial charge on any atom is -0.492 e. The van der Waals surface area contributed by atoms with Gasteiger partial charge in [0.05, 0.1) is 17.5 Å². The maximum atomic E-state index is 12.1. The first kappa shape index (κ1) is 21.0. The van der Waals surface area contributed by atoms with Crippen LogP contribution in [0.3, 0.4) is 0 Å². The van der Waals surface area contributed by atoms with Gasteiger partial charge < -0.3 is 15.8 Å². The van der Waals surface area contributed by atoms with E-state index in [1.165, 1.54) is 0 Å². The molecule has 1 heterocycles. The second-order valence-corrected chi connectivity index (χ2v) is 6.22. The molecule has 1 aliphatic rings. The number of carbonyl (C=O) groups excluding carboxylic acids is 1. The minimum absolute atomic E-state index is 0. The van der Waals surface area contributed by atoms with Gasteiger partial charge in [0.1, 0.15) is 5.75 Å². The number of nitrogens with two attached hydrogens (primary N) is 1. The Hall–Kier alpha value is -1.01. The summed E-state index contributed by atoms with van der Waals surface area (Å²) in [6.45, 7) is 6.04. The van der Waals surface area contributed by atoms with Crippen LogP contribution in [-0.2, 0) is 11.3 Å². The van der Waals surface area contributed by atoms with Gasteiger partial charge in [-0.05, 0) is 32.4 Å². The summed E-state index contributed by atoms with van der Waals surface area (Å²) in [5.74, 6) is 0.896. The fraction of sp³-hybridized carbons (Fsp3) is 0.588. The van der Waals surface area contributed by atoms with Crippen LogP contribution in [0, 0.1) is 5.92 Å². The highest BCUT2D eigenvalue weighted by Crippen LogP contribution is 2.30. The zero-order valence-electron chi connectivity index (χ0n) is 14.1. The lowest BCUT2D eigenvalue weighted by Gasteiger charge is -2.32. The highest BCUT2D eigenvalue weighted by Gasteiger charge is 2.26. The number of para-hydroxylation sites is 1. The summed E-state index contributed by atoms with van der Waals surface area (Å²) in [6, 6.07) is 5.82. The van der Waals surface area contributed by atoms with Crippen LogP contribution in [0.25, 0.3) is 0 Å². The van der Waals surface area contributed by atoms with Crippen molar-refractivity contribution in [2.45, 2.75) is 26.3 Å². The maximum Gasteiger partial charge on any atom is 0.224 e. The van der Waals surface area contributed by atoms with E-state index in [1.54, 1.807) is 0 Å². The smallest absolute Gasteiger partial charge is 0.224 e. The third-order valence-corrected chi connectivity index (χ3v) is 4.35. The van der Waals surface area contributed by atoms with Gasteiger partial charge in [0.2, 0.25) is 5.91 Å². The van der Waals surface area contributed by atoms with Crippen LogP contribution < -0.4 is 15.8 Å². The van der Waals surface area contributed by atoms with Crippen LogP contribution in [0.4, 0.5) is 0 Å². The van der Waals surface area contributed by atoms with Crippen LogP contribution in [0.1, 0.15) is 25.3 Å². The Bertz CT molecular complexity index is 529. The van der Waals surface area contributed by atoms with Crippen LogP contribution in [-0.4, -0.2) is 43.6 Å². The normalized spacial score (nSPS) is 17.9. The third kappa shape index (κ3) is 5.81. The molecule has 0 saturated carbocycles. The number of amides is 1. The molecular weight excluding hydrogens is 349 g/mol. The number of benzene rings is 1. The van der Waals surface area contributed by atoms with Crippen molar-refractivity contribution in [3.8, 4) is 5.75 Å². The largest absolute Gasteiger partial charge is 0.492 e. The molecule has 0 spiro atoms. The van der Waals surface area contributed by atoms with E-state index < -0.39 is 0 Å². The highest BCUT2D eigenvalue weighted by molar-refractivity contribution is 6.32. The van der Waals surface area contributed by atoms with Gasteiger partial charge in [-0.25, -0.2) is 0 Å². The second-order valence-electron chi connectivity index (χ2n) is 5.82. The third-order valence-electron chi connectivity index (χ3n) is 4.05. The van der Waals surface area contributed by atoms with Gasteiger partial charge in [-0.15, -0.1) is 12.4 Å². The van der Waals surface area contributed by atoms with Crippen molar-refractivity contribution < 1.29 is 9.53 Å². The number of hydrogen-bond donors (Lipinski definition) is 2. The van der Waals surface area contributed by atoms with E-state index in [1.807, 2.05) is 25.1 Å². The van der Waals surface area contributed by atoms with Crippen molar-refractivity contribution in [1.29, 1.82) is 0 Å².